The van der Waals surface area contributed by atoms with Crippen LogP contribution in [0.4, 0.5) is 11.8 Å². The van der Waals surface area contributed by atoms with E-state index in [1.54, 1.807) is 17.2 Å². The molecule has 2 saturated carbocycles. The maximum Gasteiger partial charge on any atom is 0.326 e. The minimum atomic E-state index is -0.898. The molecule has 4 atom stereocenters. The summed E-state index contributed by atoms with van der Waals surface area (Å²) in [5.41, 5.74) is 5.72. The molecule has 3 aliphatic rings. The zero-order valence-electron chi connectivity index (χ0n) is 17.0. The van der Waals surface area contributed by atoms with Gasteiger partial charge in [-0.1, -0.05) is 32.6 Å². The molecule has 0 unspecified atom stereocenters. The second-order valence-corrected chi connectivity index (χ2v) is 9.02. The molecule has 2 heterocycles. The summed E-state index contributed by atoms with van der Waals surface area (Å²) in [4.78, 5) is 35.4. The Balaban J connectivity index is 1.58. The number of aliphatic carboxylic acids is 1. The Morgan fingerprint density at radius 1 is 1.34 bits per heavy atom. The Morgan fingerprint density at radius 3 is 2.72 bits per heavy atom. The Hall–Kier alpha value is -2.38. The number of likely N-dealkylation sites (tertiary alicyclic amines) is 1. The average molecular weight is 402 g/mol. The maximum atomic E-state index is 13.7. The minimum absolute atomic E-state index is 0.00390. The number of nitrogens with one attached hydrogen (secondary N) is 1. The summed E-state index contributed by atoms with van der Waals surface area (Å²) in [6, 6.07) is 0.482. The molecule has 1 saturated heterocycles. The predicted octanol–water partition coefficient (Wildman–Crippen LogP) is 2.52. The quantitative estimate of drug-likeness (QED) is 0.669. The van der Waals surface area contributed by atoms with E-state index in [9.17, 15) is 14.7 Å². The number of hydrogen-bond donors (Lipinski definition) is 3. The summed E-state index contributed by atoms with van der Waals surface area (Å²) in [6.07, 6.45) is 9.48. The summed E-state index contributed by atoms with van der Waals surface area (Å²) in [5, 5.41) is 13.1. The van der Waals surface area contributed by atoms with Gasteiger partial charge in [-0.2, -0.15) is 4.98 Å². The van der Waals surface area contributed by atoms with Crippen LogP contribution in [-0.4, -0.2) is 50.5 Å². The van der Waals surface area contributed by atoms with Crippen molar-refractivity contribution in [1.82, 2.24) is 14.9 Å². The molecule has 2 aliphatic carbocycles. The smallest absolute Gasteiger partial charge is 0.326 e. The van der Waals surface area contributed by atoms with Crippen molar-refractivity contribution < 1.29 is 14.7 Å². The summed E-state index contributed by atoms with van der Waals surface area (Å²) in [7, 11) is 0. The van der Waals surface area contributed by atoms with Crippen molar-refractivity contribution in [2.24, 2.45) is 17.3 Å². The third-order valence-electron chi connectivity index (χ3n) is 7.25. The van der Waals surface area contributed by atoms with E-state index in [1.807, 2.05) is 0 Å². The second kappa shape index (κ2) is 7.80. The molecule has 0 bridgehead atoms. The highest BCUT2D eigenvalue weighted by Gasteiger charge is 2.62. The van der Waals surface area contributed by atoms with Gasteiger partial charge in [-0.05, 0) is 49.0 Å². The fraction of sp³-hybridized carbons (Fsp3) is 0.714. The van der Waals surface area contributed by atoms with Crippen LogP contribution in [0.25, 0.3) is 0 Å². The lowest BCUT2D eigenvalue weighted by Crippen LogP contribution is -2.51. The molecule has 3 fully saturated rings. The maximum absolute atomic E-state index is 13.7. The number of aromatic nitrogens is 2. The van der Waals surface area contributed by atoms with Gasteiger partial charge in [0.05, 0.1) is 0 Å². The van der Waals surface area contributed by atoms with E-state index in [1.165, 1.54) is 6.42 Å². The van der Waals surface area contributed by atoms with Gasteiger partial charge in [0.25, 0.3) is 0 Å². The molecule has 4 N–H and O–H groups in total. The number of nitrogens with two attached hydrogens (primary N) is 1. The standard InChI is InChI=1S/C21H31N5O3/c1-2-14-10-21(14)11-15(19(28)29)26(12-21)18(27)17(13-6-4-3-5-7-13)24-16-8-9-23-20(22)25-16/h8-9,13-15,17H,2-7,10-12H2,1H3,(H,28,29)(H3,22,23,24,25)/t14-,15-,17-,21+/m0/s1. The lowest BCUT2D eigenvalue weighted by Gasteiger charge is -2.34. The first-order chi connectivity index (χ1) is 13.9. The van der Waals surface area contributed by atoms with Crippen LogP contribution < -0.4 is 11.1 Å². The molecule has 1 aromatic rings. The number of nitrogens with zero attached hydrogens (tertiary/aromatic N) is 3. The van der Waals surface area contributed by atoms with E-state index in [0.717, 1.165) is 38.5 Å². The first-order valence-electron chi connectivity index (χ1n) is 10.8. The molecule has 0 radical (unpaired) electrons. The molecule has 8 nitrogen and oxygen atoms in total. The lowest BCUT2D eigenvalue weighted by atomic mass is 9.83. The molecular formula is C21H31N5O3. The van der Waals surface area contributed by atoms with Gasteiger partial charge in [0.15, 0.2) is 0 Å². The molecule has 1 amide bonds. The van der Waals surface area contributed by atoms with Gasteiger partial charge in [0, 0.05) is 12.7 Å². The highest BCUT2D eigenvalue weighted by molar-refractivity contribution is 5.90. The van der Waals surface area contributed by atoms with Crippen LogP contribution in [0.1, 0.15) is 58.3 Å². The molecule has 1 aliphatic heterocycles. The van der Waals surface area contributed by atoms with E-state index in [2.05, 4.69) is 22.2 Å². The number of carboxylic acids is 1. The minimum Gasteiger partial charge on any atom is -0.480 e. The number of anilines is 2. The van der Waals surface area contributed by atoms with E-state index >= 15 is 0 Å². The molecular weight excluding hydrogens is 370 g/mol. The van der Waals surface area contributed by atoms with Crippen LogP contribution in [0.5, 0.6) is 0 Å². The number of amides is 1. The molecule has 29 heavy (non-hydrogen) atoms. The SMILES string of the molecule is CC[C@H]1C[C@]12C[C@@H](C(=O)O)N(C(=O)[C@@H](Nc1ccnc(N)n1)C1CCCCC1)C2. The molecule has 1 aromatic heterocycles. The Labute approximate surface area is 171 Å². The fourth-order valence-corrected chi connectivity index (χ4v) is 5.56. The number of carbonyl (C=O) groups excluding carboxylic acids is 1. The molecule has 1 spiro atoms. The fourth-order valence-electron chi connectivity index (χ4n) is 5.56. The first kappa shape index (κ1) is 19.9. The van der Waals surface area contributed by atoms with Crippen molar-refractivity contribution in [3.63, 3.8) is 0 Å². The van der Waals surface area contributed by atoms with Gasteiger partial charge in [0.2, 0.25) is 11.9 Å². The predicted molar refractivity (Wildman–Crippen MR) is 109 cm³/mol. The van der Waals surface area contributed by atoms with Gasteiger partial charge in [-0.15, -0.1) is 0 Å². The van der Waals surface area contributed by atoms with E-state index < -0.39 is 18.1 Å². The summed E-state index contributed by atoms with van der Waals surface area (Å²) in [6.45, 7) is 2.70. The number of carboxylic acid groups (broad SMARTS) is 1. The van der Waals surface area contributed by atoms with Crippen LogP contribution in [-0.2, 0) is 9.59 Å². The van der Waals surface area contributed by atoms with E-state index in [-0.39, 0.29) is 23.2 Å². The van der Waals surface area contributed by atoms with Crippen molar-refractivity contribution in [2.75, 3.05) is 17.6 Å². The molecule has 0 aromatic carbocycles. The summed E-state index contributed by atoms with van der Waals surface area (Å²) < 4.78 is 0. The topological polar surface area (TPSA) is 121 Å². The number of nitrogen functional groups attached to an aromatic ring is 1. The molecule has 4 rings (SSSR count). The number of carbonyl (C=O) groups is 2. The molecule has 158 valence electrons. The van der Waals surface area contributed by atoms with Crippen LogP contribution in [0, 0.1) is 17.3 Å². The Morgan fingerprint density at radius 2 is 2.10 bits per heavy atom. The Kier molecular flexibility index (Phi) is 5.36. The summed E-state index contributed by atoms with van der Waals surface area (Å²) in [5.74, 6) is 0.354. The average Bonchev–Trinajstić information content (AvgIpc) is 3.25. The van der Waals surface area contributed by atoms with Crippen molar-refractivity contribution >= 4 is 23.6 Å². The van der Waals surface area contributed by atoms with Crippen molar-refractivity contribution in [2.45, 2.75) is 70.4 Å². The zero-order chi connectivity index (χ0) is 20.6. The van der Waals surface area contributed by atoms with Crippen LogP contribution >= 0.6 is 0 Å². The third kappa shape index (κ3) is 3.89. The monoisotopic (exact) mass is 401 g/mol. The molecule has 8 heteroatoms. The third-order valence-corrected chi connectivity index (χ3v) is 7.25. The van der Waals surface area contributed by atoms with Gasteiger partial charge in [-0.25, -0.2) is 9.78 Å². The van der Waals surface area contributed by atoms with Crippen molar-refractivity contribution in [3.8, 4) is 0 Å². The van der Waals surface area contributed by atoms with Gasteiger partial charge in [0.1, 0.15) is 17.9 Å². The summed E-state index contributed by atoms with van der Waals surface area (Å²) >= 11 is 0. The first-order valence-corrected chi connectivity index (χ1v) is 10.8. The van der Waals surface area contributed by atoms with Gasteiger partial charge < -0.3 is 21.1 Å². The van der Waals surface area contributed by atoms with Gasteiger partial charge in [-0.3, -0.25) is 4.79 Å². The zero-order valence-corrected chi connectivity index (χ0v) is 17.0. The van der Waals surface area contributed by atoms with Crippen LogP contribution in [0.2, 0.25) is 0 Å². The number of hydrogen-bond acceptors (Lipinski definition) is 6. The van der Waals surface area contributed by atoms with E-state index in [4.69, 9.17) is 5.73 Å². The van der Waals surface area contributed by atoms with Crippen LogP contribution in [0.15, 0.2) is 12.3 Å². The van der Waals surface area contributed by atoms with Crippen LogP contribution in [0.3, 0.4) is 0 Å². The Bertz CT molecular complexity index is 781. The lowest BCUT2D eigenvalue weighted by molar-refractivity contribution is -0.149. The van der Waals surface area contributed by atoms with E-state index in [0.29, 0.717) is 24.7 Å². The largest absolute Gasteiger partial charge is 0.480 e. The normalized spacial score (nSPS) is 30.3. The second-order valence-electron chi connectivity index (χ2n) is 9.02. The highest BCUT2D eigenvalue weighted by Crippen LogP contribution is 2.61. The highest BCUT2D eigenvalue weighted by atomic mass is 16.4. The number of rotatable bonds is 6. The van der Waals surface area contributed by atoms with Crippen molar-refractivity contribution in [3.05, 3.63) is 12.3 Å². The van der Waals surface area contributed by atoms with Crippen molar-refractivity contribution in [1.29, 1.82) is 0 Å². The van der Waals surface area contributed by atoms with Gasteiger partial charge >= 0.3 is 5.97 Å².